The molecular weight excluding hydrogens is 310 g/mol. The largest absolute Gasteiger partial charge is 0.465 e. The Labute approximate surface area is 139 Å². The molecule has 0 bridgehead atoms. The second-order valence-corrected chi connectivity index (χ2v) is 6.47. The van der Waals surface area contributed by atoms with Gasteiger partial charge in [0.25, 0.3) is 5.91 Å². The van der Waals surface area contributed by atoms with Crippen LogP contribution in [-0.4, -0.2) is 37.0 Å². The summed E-state index contributed by atoms with van der Waals surface area (Å²) in [4.78, 5) is 25.9. The minimum atomic E-state index is -0.388. The first-order valence-corrected chi connectivity index (χ1v) is 8.63. The monoisotopic (exact) mass is 329 g/mol. The maximum absolute atomic E-state index is 12.6. The third kappa shape index (κ3) is 3.45. The summed E-state index contributed by atoms with van der Waals surface area (Å²) in [6.07, 6.45) is 2.01. The Kier molecular flexibility index (Phi) is 4.76. The van der Waals surface area contributed by atoms with E-state index in [1.165, 1.54) is 12.7 Å². The topological polar surface area (TPSA) is 46.6 Å². The number of hydrogen-bond acceptors (Lipinski definition) is 4. The van der Waals surface area contributed by atoms with Gasteiger partial charge >= 0.3 is 5.97 Å². The molecule has 1 aromatic heterocycles. The predicted octanol–water partition coefficient (Wildman–Crippen LogP) is 3.55. The van der Waals surface area contributed by atoms with E-state index in [1.54, 1.807) is 35.6 Å². The van der Waals surface area contributed by atoms with Crippen LogP contribution in [0.3, 0.4) is 0 Å². The van der Waals surface area contributed by atoms with E-state index in [2.05, 4.69) is 21.6 Å². The van der Waals surface area contributed by atoms with Crippen molar-refractivity contribution < 1.29 is 14.3 Å². The molecule has 1 aliphatic heterocycles. The molecule has 0 spiro atoms. The van der Waals surface area contributed by atoms with Crippen LogP contribution in [0.15, 0.2) is 41.1 Å². The average molecular weight is 329 g/mol. The summed E-state index contributed by atoms with van der Waals surface area (Å²) >= 11 is 1.72. The Hall–Kier alpha value is -2.14. The maximum atomic E-state index is 12.6. The van der Waals surface area contributed by atoms with Crippen LogP contribution in [0.2, 0.25) is 0 Å². The minimum absolute atomic E-state index is 0.0326. The Morgan fingerprint density at radius 1 is 1.09 bits per heavy atom. The van der Waals surface area contributed by atoms with Crippen LogP contribution >= 0.6 is 11.3 Å². The number of nitrogens with zero attached hydrogens (tertiary/aromatic N) is 1. The average Bonchev–Trinajstić information content (AvgIpc) is 3.15. The predicted molar refractivity (Wildman–Crippen MR) is 90.0 cm³/mol. The zero-order valence-corrected chi connectivity index (χ0v) is 13.8. The van der Waals surface area contributed by atoms with Crippen LogP contribution in [0, 0.1) is 0 Å². The number of rotatable bonds is 3. The number of amides is 1. The molecule has 120 valence electrons. The maximum Gasteiger partial charge on any atom is 0.337 e. The lowest BCUT2D eigenvalue weighted by Gasteiger charge is -2.32. The molecule has 4 nitrogen and oxygen atoms in total. The van der Waals surface area contributed by atoms with Crippen molar-refractivity contribution in [1.82, 2.24) is 4.90 Å². The number of carbonyl (C=O) groups is 2. The van der Waals surface area contributed by atoms with Crippen LogP contribution in [0.4, 0.5) is 0 Å². The summed E-state index contributed by atoms with van der Waals surface area (Å²) in [7, 11) is 1.35. The number of piperidine rings is 1. The molecule has 1 saturated heterocycles. The lowest BCUT2D eigenvalue weighted by atomic mass is 9.91. The van der Waals surface area contributed by atoms with Gasteiger partial charge in [-0.3, -0.25) is 4.79 Å². The van der Waals surface area contributed by atoms with Gasteiger partial charge in [-0.1, -0.05) is 0 Å². The van der Waals surface area contributed by atoms with E-state index in [1.807, 2.05) is 4.90 Å². The van der Waals surface area contributed by atoms with Gasteiger partial charge in [-0.05, 0) is 65.4 Å². The highest BCUT2D eigenvalue weighted by Crippen LogP contribution is 2.29. The quantitative estimate of drug-likeness (QED) is 0.809. The van der Waals surface area contributed by atoms with Gasteiger partial charge in [-0.25, -0.2) is 4.79 Å². The summed E-state index contributed by atoms with van der Waals surface area (Å²) < 4.78 is 4.67. The fourth-order valence-electron chi connectivity index (χ4n) is 2.97. The number of carbonyl (C=O) groups excluding carboxylic acids is 2. The standard InChI is InChI=1S/C18H19NO3S/c1-22-18(21)15-4-2-14(3-5-15)17(20)19-9-6-13(7-10-19)16-8-11-23-12-16/h2-5,8,11-13H,6-7,9-10H2,1H3. The number of thiophene rings is 1. The van der Waals surface area contributed by atoms with E-state index in [9.17, 15) is 9.59 Å². The number of esters is 1. The minimum Gasteiger partial charge on any atom is -0.465 e. The Bertz CT molecular complexity index is 671. The normalized spacial score (nSPS) is 15.4. The molecule has 0 atom stereocenters. The van der Waals surface area contributed by atoms with Crippen molar-refractivity contribution in [2.24, 2.45) is 0 Å². The Balaban J connectivity index is 1.62. The van der Waals surface area contributed by atoms with E-state index in [-0.39, 0.29) is 11.9 Å². The Morgan fingerprint density at radius 2 is 1.74 bits per heavy atom. The van der Waals surface area contributed by atoms with Gasteiger partial charge in [0.1, 0.15) is 0 Å². The molecule has 1 amide bonds. The summed E-state index contributed by atoms with van der Waals surface area (Å²) in [5.41, 5.74) is 2.47. The molecule has 0 N–H and O–H groups in total. The zero-order chi connectivity index (χ0) is 16.2. The smallest absolute Gasteiger partial charge is 0.337 e. The third-order valence-electron chi connectivity index (χ3n) is 4.35. The van der Waals surface area contributed by atoms with E-state index >= 15 is 0 Å². The second-order valence-electron chi connectivity index (χ2n) is 5.69. The number of likely N-dealkylation sites (tertiary alicyclic amines) is 1. The summed E-state index contributed by atoms with van der Waals surface area (Å²) in [5, 5.41) is 4.31. The highest BCUT2D eigenvalue weighted by atomic mass is 32.1. The van der Waals surface area contributed by atoms with Crippen LogP contribution in [0.1, 0.15) is 45.0 Å². The molecule has 1 aromatic carbocycles. The SMILES string of the molecule is COC(=O)c1ccc(C(=O)N2CCC(c3ccsc3)CC2)cc1. The highest BCUT2D eigenvalue weighted by Gasteiger charge is 2.24. The van der Waals surface area contributed by atoms with Gasteiger partial charge in [0.05, 0.1) is 12.7 Å². The van der Waals surface area contributed by atoms with Crippen molar-refractivity contribution in [3.8, 4) is 0 Å². The molecule has 0 radical (unpaired) electrons. The van der Waals surface area contributed by atoms with E-state index < -0.39 is 0 Å². The Morgan fingerprint density at radius 3 is 2.30 bits per heavy atom. The van der Waals surface area contributed by atoms with Crippen LogP contribution in [0.25, 0.3) is 0 Å². The first-order valence-electron chi connectivity index (χ1n) is 7.69. The molecule has 2 aromatic rings. The lowest BCUT2D eigenvalue weighted by molar-refractivity contribution is 0.0599. The molecule has 1 aliphatic rings. The molecule has 1 fully saturated rings. The molecule has 2 heterocycles. The first-order chi connectivity index (χ1) is 11.2. The molecule has 0 unspecified atom stereocenters. The van der Waals surface area contributed by atoms with E-state index in [4.69, 9.17) is 0 Å². The fraction of sp³-hybridized carbons (Fsp3) is 0.333. The third-order valence-corrected chi connectivity index (χ3v) is 5.05. The molecule has 0 saturated carbocycles. The molecule has 23 heavy (non-hydrogen) atoms. The van der Waals surface area contributed by atoms with Crippen molar-refractivity contribution in [3.63, 3.8) is 0 Å². The van der Waals surface area contributed by atoms with Gasteiger partial charge < -0.3 is 9.64 Å². The summed E-state index contributed by atoms with van der Waals surface area (Å²) in [5.74, 6) is 0.206. The number of ether oxygens (including phenoxy) is 1. The van der Waals surface area contributed by atoms with Gasteiger partial charge in [0, 0.05) is 18.7 Å². The fourth-order valence-corrected chi connectivity index (χ4v) is 3.71. The zero-order valence-electron chi connectivity index (χ0n) is 13.0. The van der Waals surface area contributed by atoms with E-state index in [0.717, 1.165) is 25.9 Å². The summed E-state index contributed by atoms with van der Waals surface area (Å²) in [6.45, 7) is 1.55. The van der Waals surface area contributed by atoms with Crippen molar-refractivity contribution in [2.45, 2.75) is 18.8 Å². The van der Waals surface area contributed by atoms with Gasteiger partial charge in [-0.15, -0.1) is 0 Å². The van der Waals surface area contributed by atoms with Crippen LogP contribution < -0.4 is 0 Å². The molecule has 5 heteroatoms. The lowest BCUT2D eigenvalue weighted by Crippen LogP contribution is -2.37. The molecule has 0 aliphatic carbocycles. The van der Waals surface area contributed by atoms with E-state index in [0.29, 0.717) is 17.0 Å². The molecule has 3 rings (SSSR count). The van der Waals surface area contributed by atoms with Crippen molar-refractivity contribution in [2.75, 3.05) is 20.2 Å². The summed E-state index contributed by atoms with van der Waals surface area (Å²) in [6, 6.07) is 8.84. The van der Waals surface area contributed by atoms with Gasteiger partial charge in [-0.2, -0.15) is 11.3 Å². The second kappa shape index (κ2) is 6.96. The first kappa shape index (κ1) is 15.7. The van der Waals surface area contributed by atoms with Crippen molar-refractivity contribution >= 4 is 23.2 Å². The van der Waals surface area contributed by atoms with Crippen LogP contribution in [-0.2, 0) is 4.74 Å². The number of benzene rings is 1. The highest BCUT2D eigenvalue weighted by molar-refractivity contribution is 7.07. The van der Waals surface area contributed by atoms with Gasteiger partial charge in [0.2, 0.25) is 0 Å². The van der Waals surface area contributed by atoms with Crippen molar-refractivity contribution in [3.05, 3.63) is 57.8 Å². The van der Waals surface area contributed by atoms with Gasteiger partial charge in [0.15, 0.2) is 0 Å². The van der Waals surface area contributed by atoms with Crippen LogP contribution in [0.5, 0.6) is 0 Å². The number of hydrogen-bond donors (Lipinski definition) is 0. The molecular formula is C18H19NO3S. The number of methoxy groups -OCH3 is 1. The van der Waals surface area contributed by atoms with Crippen molar-refractivity contribution in [1.29, 1.82) is 0 Å².